The number of nitrogens with zero attached hydrogens (tertiary/aromatic N) is 1. The van der Waals surface area contributed by atoms with Crippen LogP contribution < -0.4 is 10.4 Å². The van der Waals surface area contributed by atoms with Crippen molar-refractivity contribution < 1.29 is 0 Å². The molecule has 1 aromatic rings. The lowest BCUT2D eigenvalue weighted by Crippen LogP contribution is -2.24. The van der Waals surface area contributed by atoms with Gasteiger partial charge in [-0.15, -0.1) is 0 Å². The quantitative estimate of drug-likeness (QED) is 0.591. The molecule has 2 unspecified atom stereocenters. The second-order valence-corrected chi connectivity index (χ2v) is 4.07. The van der Waals surface area contributed by atoms with Crippen molar-refractivity contribution in [2.45, 2.75) is 12.5 Å². The summed E-state index contributed by atoms with van der Waals surface area (Å²) in [6.07, 6.45) is 11.9. The number of dihydropyridines is 1. The van der Waals surface area contributed by atoms with Gasteiger partial charge < -0.3 is 0 Å². The van der Waals surface area contributed by atoms with Crippen molar-refractivity contribution in [1.82, 2.24) is 0 Å². The van der Waals surface area contributed by atoms with Gasteiger partial charge in [0.15, 0.2) is 0 Å². The van der Waals surface area contributed by atoms with Crippen molar-refractivity contribution in [3.05, 3.63) is 46.9 Å². The van der Waals surface area contributed by atoms with E-state index in [9.17, 15) is 0 Å². The molecular weight excluding hydrogens is 182 g/mol. The van der Waals surface area contributed by atoms with Crippen LogP contribution in [-0.4, -0.2) is 12.3 Å². The minimum absolute atomic E-state index is 0.329. The zero-order valence-electron chi connectivity index (χ0n) is 8.51. The van der Waals surface area contributed by atoms with Crippen molar-refractivity contribution in [3.8, 4) is 0 Å². The van der Waals surface area contributed by atoms with Gasteiger partial charge in [0.2, 0.25) is 0 Å². The standard InChI is InChI=1S/C14H13N/c1-2-5-13-10-14-12(6-3-9-15-14)8-7-11(13)4-1/h1-7,9-10,12,14H,8H2. The van der Waals surface area contributed by atoms with E-state index in [1.54, 1.807) is 0 Å². The first-order chi connectivity index (χ1) is 7.43. The highest BCUT2D eigenvalue weighted by Gasteiger charge is 2.17. The molecule has 0 bridgehead atoms. The Labute approximate surface area is 89.2 Å². The first kappa shape index (κ1) is 8.66. The fraction of sp³-hybridized carbons (Fsp3) is 0.214. The predicted molar refractivity (Wildman–Crippen MR) is 64.1 cm³/mol. The van der Waals surface area contributed by atoms with Crippen LogP contribution in [0.25, 0.3) is 12.2 Å². The van der Waals surface area contributed by atoms with Gasteiger partial charge in [-0.2, -0.15) is 0 Å². The summed E-state index contributed by atoms with van der Waals surface area (Å²) in [6.45, 7) is 0. The van der Waals surface area contributed by atoms with E-state index in [4.69, 9.17) is 0 Å². The monoisotopic (exact) mass is 195 g/mol. The zero-order valence-corrected chi connectivity index (χ0v) is 8.51. The van der Waals surface area contributed by atoms with Crippen LogP contribution >= 0.6 is 0 Å². The summed E-state index contributed by atoms with van der Waals surface area (Å²) in [5, 5.41) is 2.66. The Morgan fingerprint density at radius 2 is 2.00 bits per heavy atom. The van der Waals surface area contributed by atoms with Crippen LogP contribution in [0.4, 0.5) is 0 Å². The van der Waals surface area contributed by atoms with Crippen LogP contribution in [0.5, 0.6) is 0 Å². The Balaban J connectivity index is 2.19. The molecular formula is C14H13N. The van der Waals surface area contributed by atoms with Gasteiger partial charge in [-0.05, 0) is 22.9 Å². The molecule has 1 heterocycles. The predicted octanol–water partition coefficient (Wildman–Crippen LogP) is 1.28. The zero-order chi connectivity index (χ0) is 10.1. The van der Waals surface area contributed by atoms with E-state index in [0.29, 0.717) is 12.0 Å². The lowest BCUT2D eigenvalue weighted by molar-refractivity contribution is 0.618. The van der Waals surface area contributed by atoms with Crippen molar-refractivity contribution in [2.24, 2.45) is 10.9 Å². The lowest BCUT2D eigenvalue weighted by atomic mass is 9.95. The maximum Gasteiger partial charge on any atom is 0.0754 e. The van der Waals surface area contributed by atoms with Gasteiger partial charge in [0.25, 0.3) is 0 Å². The summed E-state index contributed by atoms with van der Waals surface area (Å²) in [6, 6.07) is 8.86. The number of hydrogen-bond acceptors (Lipinski definition) is 1. The maximum atomic E-state index is 4.52. The Morgan fingerprint density at radius 3 is 2.93 bits per heavy atom. The molecule has 0 radical (unpaired) electrons. The molecule has 0 aromatic heterocycles. The fourth-order valence-electron chi connectivity index (χ4n) is 2.25. The van der Waals surface area contributed by atoms with Crippen LogP contribution in [-0.2, 0) is 0 Å². The number of fused-ring (bicyclic) bond motifs is 2. The second kappa shape index (κ2) is 3.50. The highest BCUT2D eigenvalue weighted by Crippen LogP contribution is 2.19. The third-order valence-corrected chi connectivity index (χ3v) is 3.10. The van der Waals surface area contributed by atoms with Gasteiger partial charge in [-0.3, -0.25) is 4.99 Å². The molecule has 0 saturated heterocycles. The van der Waals surface area contributed by atoms with E-state index in [-0.39, 0.29) is 0 Å². The molecule has 0 spiro atoms. The average Bonchev–Trinajstić information content (AvgIpc) is 2.48. The Bertz CT molecular complexity index is 537. The van der Waals surface area contributed by atoms with E-state index in [1.165, 1.54) is 10.4 Å². The minimum Gasteiger partial charge on any atom is -0.285 e. The fourth-order valence-corrected chi connectivity index (χ4v) is 2.25. The van der Waals surface area contributed by atoms with E-state index in [2.05, 4.69) is 53.6 Å². The van der Waals surface area contributed by atoms with E-state index < -0.39 is 0 Å². The van der Waals surface area contributed by atoms with Gasteiger partial charge >= 0.3 is 0 Å². The second-order valence-electron chi connectivity index (χ2n) is 4.07. The largest absolute Gasteiger partial charge is 0.285 e. The van der Waals surface area contributed by atoms with Crippen molar-refractivity contribution in [3.63, 3.8) is 0 Å². The van der Waals surface area contributed by atoms with Crippen LogP contribution in [0.15, 0.2) is 41.4 Å². The molecule has 2 aliphatic rings. The molecule has 0 saturated carbocycles. The molecule has 74 valence electrons. The Morgan fingerprint density at radius 1 is 1.13 bits per heavy atom. The molecule has 1 aliphatic heterocycles. The van der Waals surface area contributed by atoms with Gasteiger partial charge in [-0.25, -0.2) is 0 Å². The molecule has 2 atom stereocenters. The number of aliphatic imine (C=N–C) groups is 1. The van der Waals surface area contributed by atoms with Crippen LogP contribution in [0.3, 0.4) is 0 Å². The summed E-state index contributed by atoms with van der Waals surface area (Å²) in [7, 11) is 0. The van der Waals surface area contributed by atoms with Crippen molar-refractivity contribution in [2.75, 3.05) is 0 Å². The molecule has 1 nitrogen and oxygen atoms in total. The normalized spacial score (nSPS) is 26.9. The summed E-state index contributed by atoms with van der Waals surface area (Å²) in [4.78, 5) is 4.52. The smallest absolute Gasteiger partial charge is 0.0754 e. The Kier molecular flexibility index (Phi) is 2.02. The average molecular weight is 195 g/mol. The van der Waals surface area contributed by atoms with Crippen LogP contribution in [0.2, 0.25) is 0 Å². The molecule has 1 aliphatic carbocycles. The van der Waals surface area contributed by atoms with Gasteiger partial charge in [0.1, 0.15) is 0 Å². The van der Waals surface area contributed by atoms with E-state index >= 15 is 0 Å². The summed E-state index contributed by atoms with van der Waals surface area (Å²) in [5.41, 5.74) is 0. The van der Waals surface area contributed by atoms with Gasteiger partial charge in [-0.1, -0.05) is 42.5 Å². The first-order valence-corrected chi connectivity index (χ1v) is 5.40. The third kappa shape index (κ3) is 1.54. The van der Waals surface area contributed by atoms with E-state index in [0.717, 1.165) is 6.42 Å². The first-order valence-electron chi connectivity index (χ1n) is 5.40. The van der Waals surface area contributed by atoms with Crippen molar-refractivity contribution in [1.29, 1.82) is 0 Å². The van der Waals surface area contributed by atoms with Gasteiger partial charge in [0, 0.05) is 12.1 Å². The third-order valence-electron chi connectivity index (χ3n) is 3.10. The van der Waals surface area contributed by atoms with Crippen molar-refractivity contribution >= 4 is 18.4 Å². The molecule has 0 fully saturated rings. The highest BCUT2D eigenvalue weighted by molar-refractivity contribution is 5.73. The summed E-state index contributed by atoms with van der Waals surface area (Å²) >= 11 is 0. The number of hydrogen-bond donors (Lipinski definition) is 0. The summed E-state index contributed by atoms with van der Waals surface area (Å²) in [5.74, 6) is 0.544. The molecule has 1 aromatic carbocycles. The molecule has 1 heteroatoms. The van der Waals surface area contributed by atoms with Gasteiger partial charge in [0.05, 0.1) is 6.04 Å². The van der Waals surface area contributed by atoms with E-state index in [1.807, 2.05) is 6.21 Å². The number of rotatable bonds is 0. The highest BCUT2D eigenvalue weighted by atomic mass is 14.8. The lowest BCUT2D eigenvalue weighted by Gasteiger charge is -2.17. The van der Waals surface area contributed by atoms with Crippen LogP contribution in [0, 0.1) is 5.92 Å². The minimum atomic E-state index is 0.329. The maximum absolute atomic E-state index is 4.52. The van der Waals surface area contributed by atoms with Crippen LogP contribution in [0.1, 0.15) is 6.42 Å². The SMILES string of the molecule is C1=CC2CC=c3ccccc3=CC2N=C1. The molecule has 0 N–H and O–H groups in total. The topological polar surface area (TPSA) is 12.4 Å². The number of allylic oxidation sites excluding steroid dienone is 1. The Hall–Kier alpha value is -1.63. The molecule has 0 amide bonds. The molecule has 15 heavy (non-hydrogen) atoms. The molecule has 3 rings (SSSR count). The summed E-state index contributed by atoms with van der Waals surface area (Å²) < 4.78 is 0. The number of benzene rings is 1.